The Balaban J connectivity index is 1.74. The van der Waals surface area contributed by atoms with Crippen LogP contribution in [0.25, 0.3) is 5.69 Å². The number of halogens is 3. The van der Waals surface area contributed by atoms with Crippen molar-refractivity contribution in [3.63, 3.8) is 0 Å². The average molecular weight is 474 g/mol. The van der Waals surface area contributed by atoms with Gasteiger partial charge in [-0.3, -0.25) is 4.79 Å². The van der Waals surface area contributed by atoms with E-state index in [0.29, 0.717) is 29.0 Å². The fourth-order valence-electron chi connectivity index (χ4n) is 3.55. The molecule has 0 bridgehead atoms. The normalized spacial score (nSPS) is 11.6. The van der Waals surface area contributed by atoms with Gasteiger partial charge >= 0.3 is 12.1 Å². The van der Waals surface area contributed by atoms with Gasteiger partial charge in [0.15, 0.2) is 12.4 Å². The Morgan fingerprint density at radius 3 is 2.35 bits per heavy atom. The van der Waals surface area contributed by atoms with Crippen molar-refractivity contribution in [1.29, 1.82) is 0 Å². The maximum Gasteiger partial charge on any atom is 0.416 e. The summed E-state index contributed by atoms with van der Waals surface area (Å²) in [4.78, 5) is 23.4. The van der Waals surface area contributed by atoms with Crippen LogP contribution in [0, 0.1) is 6.92 Å². The molecule has 3 aromatic rings. The largest absolute Gasteiger partial charge is 0.482 e. The van der Waals surface area contributed by atoms with Gasteiger partial charge in [-0.1, -0.05) is 13.8 Å². The third-order valence-electron chi connectivity index (χ3n) is 5.30. The molecule has 1 aromatic heterocycles. The van der Waals surface area contributed by atoms with Crippen molar-refractivity contribution in [1.82, 2.24) is 9.78 Å². The van der Waals surface area contributed by atoms with Crippen LogP contribution >= 0.6 is 0 Å². The van der Waals surface area contributed by atoms with Crippen molar-refractivity contribution < 1.29 is 32.6 Å². The first-order chi connectivity index (χ1) is 16.0. The lowest BCUT2D eigenvalue weighted by Gasteiger charge is -2.09. The van der Waals surface area contributed by atoms with E-state index in [2.05, 4.69) is 5.10 Å². The maximum absolute atomic E-state index is 12.8. The first-order valence-corrected chi connectivity index (χ1v) is 10.7. The number of ether oxygens (including phenoxy) is 1. The van der Waals surface area contributed by atoms with E-state index in [-0.39, 0.29) is 18.1 Å². The van der Waals surface area contributed by atoms with Crippen LogP contribution in [-0.4, -0.2) is 33.2 Å². The zero-order chi connectivity index (χ0) is 25.0. The molecule has 0 saturated heterocycles. The van der Waals surface area contributed by atoms with Gasteiger partial charge in [0.1, 0.15) is 5.75 Å². The van der Waals surface area contributed by atoms with E-state index in [0.717, 1.165) is 23.4 Å². The first-order valence-electron chi connectivity index (χ1n) is 10.7. The lowest BCUT2D eigenvalue weighted by molar-refractivity contribution is -0.139. The van der Waals surface area contributed by atoms with E-state index in [1.807, 2.05) is 13.8 Å². The molecule has 0 aliphatic rings. The maximum atomic E-state index is 12.8. The highest BCUT2D eigenvalue weighted by Crippen LogP contribution is 2.30. The molecule has 1 heterocycles. The second kappa shape index (κ2) is 10.1. The number of carboxylic acid groups (broad SMARTS) is 1. The number of Topliss-reactive ketones (excluding diaryl/α,β-unsaturated/α-hetero) is 1. The van der Waals surface area contributed by atoms with Gasteiger partial charge < -0.3 is 9.84 Å². The smallest absolute Gasteiger partial charge is 0.416 e. The molecule has 0 amide bonds. The number of ketones is 1. The van der Waals surface area contributed by atoms with Crippen molar-refractivity contribution in [2.75, 3.05) is 6.61 Å². The van der Waals surface area contributed by atoms with Crippen LogP contribution in [-0.2, 0) is 17.4 Å². The number of hydrogen-bond acceptors (Lipinski definition) is 4. The summed E-state index contributed by atoms with van der Waals surface area (Å²) in [5.74, 6) is -0.713. The van der Waals surface area contributed by atoms with Gasteiger partial charge in [-0.25, -0.2) is 9.48 Å². The van der Waals surface area contributed by atoms with Crippen LogP contribution in [0.3, 0.4) is 0 Å². The van der Waals surface area contributed by atoms with E-state index < -0.39 is 24.3 Å². The van der Waals surface area contributed by atoms with Crippen LogP contribution in [0.4, 0.5) is 13.2 Å². The predicted octanol–water partition coefficient (Wildman–Crippen LogP) is 5.60. The molecular weight excluding hydrogens is 449 g/mol. The number of rotatable bonds is 9. The predicted molar refractivity (Wildman–Crippen MR) is 120 cm³/mol. The molecule has 0 fully saturated rings. The number of carbonyl (C=O) groups is 2. The Morgan fingerprint density at radius 2 is 1.79 bits per heavy atom. The molecule has 0 radical (unpaired) electrons. The number of carboxylic acids is 1. The highest BCUT2D eigenvalue weighted by Gasteiger charge is 2.30. The standard InChI is InChI=1S/C25H25F3N2O4/c1-15(2)24-18(13-30(29-24)20-8-6-19(7-9-20)25(26,27)28)4-10-21(31)17-5-11-22(16(3)12-17)34-14-23(32)33/h5-9,11-13,15H,4,10,14H2,1-3H3,(H,32,33). The van der Waals surface area contributed by atoms with Crippen molar-refractivity contribution in [3.05, 3.63) is 76.6 Å². The van der Waals surface area contributed by atoms with Crippen LogP contribution < -0.4 is 4.74 Å². The molecule has 6 nitrogen and oxygen atoms in total. The molecule has 180 valence electrons. The molecule has 0 spiro atoms. The average Bonchev–Trinajstić information content (AvgIpc) is 3.20. The molecule has 0 atom stereocenters. The quantitative estimate of drug-likeness (QED) is 0.408. The second-order valence-electron chi connectivity index (χ2n) is 8.27. The molecule has 0 aliphatic carbocycles. The molecular formula is C25H25F3N2O4. The van der Waals surface area contributed by atoms with Gasteiger partial charge in [-0.2, -0.15) is 18.3 Å². The molecule has 34 heavy (non-hydrogen) atoms. The fourth-order valence-corrected chi connectivity index (χ4v) is 3.55. The minimum atomic E-state index is -4.41. The van der Waals surface area contributed by atoms with Gasteiger partial charge in [0, 0.05) is 18.2 Å². The van der Waals surface area contributed by atoms with Crippen molar-refractivity contribution in [2.24, 2.45) is 0 Å². The number of alkyl halides is 3. The van der Waals surface area contributed by atoms with Crippen molar-refractivity contribution in [2.45, 2.75) is 45.7 Å². The Labute approximate surface area is 195 Å². The molecule has 0 aliphatic heterocycles. The Kier molecular flexibility index (Phi) is 7.44. The summed E-state index contributed by atoms with van der Waals surface area (Å²) in [6, 6.07) is 9.60. The first kappa shape index (κ1) is 25.0. The second-order valence-corrected chi connectivity index (χ2v) is 8.27. The molecule has 2 aromatic carbocycles. The van der Waals surface area contributed by atoms with Crippen LogP contribution in [0.1, 0.15) is 58.9 Å². The van der Waals surface area contributed by atoms with Crippen LogP contribution in [0.2, 0.25) is 0 Å². The van der Waals surface area contributed by atoms with Gasteiger partial charge in [0.25, 0.3) is 0 Å². The molecule has 1 N–H and O–H groups in total. The third-order valence-corrected chi connectivity index (χ3v) is 5.30. The summed E-state index contributed by atoms with van der Waals surface area (Å²) in [6.45, 7) is 5.20. The highest BCUT2D eigenvalue weighted by atomic mass is 19.4. The minimum Gasteiger partial charge on any atom is -0.482 e. The van der Waals surface area contributed by atoms with E-state index >= 15 is 0 Å². The summed E-state index contributed by atoms with van der Waals surface area (Å²) in [5.41, 5.74) is 2.54. The van der Waals surface area contributed by atoms with Gasteiger partial charge in [-0.15, -0.1) is 0 Å². The number of hydrogen-bond donors (Lipinski definition) is 1. The van der Waals surface area contributed by atoms with E-state index in [9.17, 15) is 22.8 Å². The Hall–Kier alpha value is -3.62. The summed E-state index contributed by atoms with van der Waals surface area (Å²) in [7, 11) is 0. The highest BCUT2D eigenvalue weighted by molar-refractivity contribution is 5.96. The summed E-state index contributed by atoms with van der Waals surface area (Å²) in [6.07, 6.45) is -2.02. The van der Waals surface area contributed by atoms with E-state index in [4.69, 9.17) is 9.84 Å². The Bertz CT molecular complexity index is 1180. The zero-order valence-electron chi connectivity index (χ0n) is 19.0. The van der Waals surface area contributed by atoms with Crippen LogP contribution in [0.15, 0.2) is 48.7 Å². The zero-order valence-corrected chi connectivity index (χ0v) is 19.0. The molecule has 0 saturated carbocycles. The molecule has 9 heteroatoms. The number of aryl methyl sites for hydroxylation is 2. The summed E-state index contributed by atoms with van der Waals surface area (Å²) in [5, 5.41) is 13.3. The number of carbonyl (C=O) groups excluding carboxylic acids is 1. The summed E-state index contributed by atoms with van der Waals surface area (Å²) < 4.78 is 45.3. The van der Waals surface area contributed by atoms with Crippen LogP contribution in [0.5, 0.6) is 5.75 Å². The number of nitrogens with zero attached hydrogens (tertiary/aromatic N) is 2. The van der Waals surface area contributed by atoms with Gasteiger partial charge in [-0.05, 0) is 72.9 Å². The molecule has 0 unspecified atom stereocenters. The number of aliphatic carboxylic acids is 1. The number of benzene rings is 2. The van der Waals surface area contributed by atoms with E-state index in [1.165, 1.54) is 16.8 Å². The SMILES string of the molecule is Cc1cc(C(=O)CCc2cn(-c3ccc(C(F)(F)F)cc3)nc2C(C)C)ccc1OCC(=O)O. The Morgan fingerprint density at radius 1 is 1.12 bits per heavy atom. The number of aromatic nitrogens is 2. The lowest BCUT2D eigenvalue weighted by atomic mass is 9.98. The fraction of sp³-hybridized carbons (Fsp3) is 0.320. The van der Waals surface area contributed by atoms with Gasteiger partial charge in [0.05, 0.1) is 16.9 Å². The topological polar surface area (TPSA) is 81.4 Å². The molecule has 3 rings (SSSR count). The summed E-state index contributed by atoms with van der Waals surface area (Å²) >= 11 is 0. The monoisotopic (exact) mass is 474 g/mol. The third kappa shape index (κ3) is 6.03. The minimum absolute atomic E-state index is 0.0636. The van der Waals surface area contributed by atoms with Crippen molar-refractivity contribution >= 4 is 11.8 Å². The lowest BCUT2D eigenvalue weighted by Crippen LogP contribution is -2.10. The van der Waals surface area contributed by atoms with Crippen molar-refractivity contribution in [3.8, 4) is 11.4 Å². The van der Waals surface area contributed by atoms with E-state index in [1.54, 1.807) is 31.3 Å². The van der Waals surface area contributed by atoms with Gasteiger partial charge in [0.2, 0.25) is 0 Å².